The highest BCUT2D eigenvalue weighted by molar-refractivity contribution is 6.64. The number of benzene rings is 10. The van der Waals surface area contributed by atoms with Crippen molar-refractivity contribution >= 4 is 148 Å². The maximum Gasteiger partial charge on any atom is 0.306 e. The molecule has 1 saturated heterocycles. The van der Waals surface area contributed by atoms with Crippen LogP contribution in [-0.2, 0) is 26.8 Å². The molecule has 7 atom stereocenters. The predicted molar refractivity (Wildman–Crippen MR) is 621 cm³/mol. The Morgan fingerprint density at radius 1 is 0.300 bits per heavy atom. The van der Waals surface area contributed by atoms with Crippen molar-refractivity contribution in [1.82, 2.24) is 0 Å². The minimum atomic E-state index is -0.662. The lowest BCUT2D eigenvalue weighted by Crippen LogP contribution is -2.56. The van der Waals surface area contributed by atoms with E-state index in [1.165, 1.54) is 134 Å². The number of fused-ring (bicyclic) bond motifs is 3. The van der Waals surface area contributed by atoms with E-state index in [0.29, 0.717) is 30.3 Å². The van der Waals surface area contributed by atoms with Crippen molar-refractivity contribution in [2.45, 2.75) is 213 Å². The van der Waals surface area contributed by atoms with Crippen LogP contribution in [0.2, 0.25) is 0 Å². The zero-order valence-corrected chi connectivity index (χ0v) is 85.1. The Labute approximate surface area is 883 Å². The quantitative estimate of drug-likeness (QED) is 0.0254. The van der Waals surface area contributed by atoms with Gasteiger partial charge in [0.05, 0.1) is 16.7 Å². The van der Waals surface area contributed by atoms with E-state index in [-0.39, 0.29) is 16.7 Å². The van der Waals surface area contributed by atoms with Crippen LogP contribution in [0.4, 0.5) is 5.69 Å². The van der Waals surface area contributed by atoms with Crippen LogP contribution in [0.3, 0.4) is 0 Å². The van der Waals surface area contributed by atoms with Gasteiger partial charge in [0.15, 0.2) is 0 Å². The summed E-state index contributed by atoms with van der Waals surface area (Å²) in [4.78, 5) is 24.5. The molecule has 0 bridgehead atoms. The van der Waals surface area contributed by atoms with Gasteiger partial charge in [-0.05, 0) is 315 Å². The summed E-state index contributed by atoms with van der Waals surface area (Å²) in [6, 6.07) is 43.0. The number of nitrogens with zero attached hydrogens (tertiary/aromatic N) is 1. The van der Waals surface area contributed by atoms with Crippen LogP contribution in [0.1, 0.15) is 200 Å². The molecule has 1 N–H and O–H groups in total. The molecule has 1 heterocycles. The molecule has 4 nitrogen and oxygen atoms in total. The average molecular weight is 1910 g/mol. The van der Waals surface area contributed by atoms with Crippen molar-refractivity contribution in [3.63, 3.8) is 0 Å². The van der Waals surface area contributed by atoms with E-state index < -0.39 is 5.97 Å². The van der Waals surface area contributed by atoms with Crippen molar-refractivity contribution in [3.05, 3.63) is 148 Å². The Balaban J connectivity index is 0.000000172. The summed E-state index contributed by atoms with van der Waals surface area (Å²) in [5.74, 6) is 146. The van der Waals surface area contributed by atoms with E-state index in [1.54, 1.807) is 133 Å². The Morgan fingerprint density at radius 3 is 0.887 bits per heavy atom. The minimum absolute atomic E-state index is 0.214. The zero-order valence-electron chi connectivity index (χ0n) is 85.1. The fourth-order valence-corrected chi connectivity index (χ4v) is 22.9. The first-order valence-electron chi connectivity index (χ1n) is 51.0. The first kappa shape index (κ1) is 103. The second-order valence-electron chi connectivity index (χ2n) is 36.3. The van der Waals surface area contributed by atoms with Gasteiger partial charge in [-0.3, -0.25) is 4.79 Å². The van der Waals surface area contributed by atoms with Crippen molar-refractivity contribution in [3.8, 4) is 343 Å². The maximum absolute atomic E-state index is 11.2. The first-order valence-corrected chi connectivity index (χ1v) is 51.0. The SMILES string of the molecule is CC#CC#CC#CC#CC#CC#CC#CC#CC#CC#CC#CC#CC#CC#CC#CC#CC#CC#CC#CC#CC#CC#CC#CC#CC#CC#CC#CC#CC#CC.CCCCC(CC)CC=O.CCCCCCC(Cc1ccccc1)C(=O)O.CCCCCCC1N(c2ccccc2)C(CC(CC)CCCC)C23C4=c5ccc6c7ccc8c9ccc%10c%11ccc%12c%13c(c%14c%15c2c5c6c2c7c8c5c9c%10c(c%13%11)c%14c5c%152)C13C=%12C=C4. The molecule has 14 aromatic rings. The molecular formula is C146H93NO3. The third kappa shape index (κ3) is 20.8. The largest absolute Gasteiger partial charge is 0.481 e. The number of carboxylic acid groups (broad SMARTS) is 1. The predicted octanol–water partition coefficient (Wildman–Crippen LogP) is 22.9. The topological polar surface area (TPSA) is 57.6 Å². The monoisotopic (exact) mass is 1910 g/mol. The summed E-state index contributed by atoms with van der Waals surface area (Å²) in [5, 5.41) is 46.8. The average Bonchev–Trinajstić information content (AvgIpc) is 1.41. The lowest BCUT2D eigenvalue weighted by molar-refractivity contribution is -0.142. The standard InChI is InChI=1S/C62H47N.C60H6.C15H22O2.C9H18O/c1-4-7-9-13-17-41-61-39-26-27-40-38-25-23-36-34-21-19-32-31-18-20-33-35-22-24-37(39)49-47(35)52-45(33)43(31)51-44(32)46(34)53-48(36)50(38)60(58-56(53)54(51)55(52)57(58)59(49)61)62(40,61)42(28-29(6-3)14-8-5-2)63(41)30-15-11-10-12-16-30;1-3-5-7-9-11-13-15-17-19-21-23-25-27-29-31-33-35-37-39-41-43-45-47-49-51-53-55-57-59-60-58-56-54-52-50-48-46-44-42-40-38-36-34-32-30-28-26-24-22-20-18-16-14-12-10-8-6-4-2;1-2-3-4-8-11-14(15(16)17)12-13-9-6-5-7-10-13;1-3-5-6-9(4-2)7-8-10/h10-12,15-16,18-27,29,41-42H,4-9,13-14,17,28H2,1-3H3;1-2H3;5-7,9-10,14H,2-4,8,11-12H2,1H3,(H,16,17);8-9H,3-7H2,1-2H3. The summed E-state index contributed by atoms with van der Waals surface area (Å²) in [5.41, 5.74) is 8.92. The Morgan fingerprint density at radius 2 is 0.580 bits per heavy atom. The lowest BCUT2D eigenvalue weighted by atomic mass is 9.45. The molecule has 4 aliphatic carbocycles. The number of unbranched alkanes of at least 4 members (excludes halogenated alkanes) is 8. The summed E-state index contributed by atoms with van der Waals surface area (Å²) >= 11 is 0. The number of hydrogen-bond donors (Lipinski definition) is 1. The minimum Gasteiger partial charge on any atom is -0.481 e. The number of carbonyl (C=O) groups is 2. The van der Waals surface area contributed by atoms with E-state index in [1.807, 2.05) is 30.3 Å². The van der Waals surface area contributed by atoms with Gasteiger partial charge in [0.2, 0.25) is 0 Å². The molecule has 4 heteroatoms. The number of allylic oxidation sites excluding steroid dienone is 2. The number of carboxylic acids is 1. The van der Waals surface area contributed by atoms with Gasteiger partial charge in [-0.15, -0.1) is 0 Å². The third-order valence-electron chi connectivity index (χ3n) is 28.3. The Bertz CT molecular complexity index is 9840. The lowest BCUT2D eigenvalue weighted by Gasteiger charge is -2.54. The van der Waals surface area contributed by atoms with E-state index in [4.69, 9.17) is 0 Å². The van der Waals surface area contributed by atoms with Crippen LogP contribution in [0.15, 0.2) is 121 Å². The highest BCUT2D eigenvalue weighted by atomic mass is 16.4. The van der Waals surface area contributed by atoms with Gasteiger partial charge in [0.25, 0.3) is 0 Å². The van der Waals surface area contributed by atoms with Gasteiger partial charge in [-0.1, -0.05) is 265 Å². The number of aldehydes is 1. The van der Waals surface area contributed by atoms with Crippen molar-refractivity contribution in [2.75, 3.05) is 4.90 Å². The summed E-state index contributed by atoms with van der Waals surface area (Å²) < 4.78 is 0. The number of hydrogen-bond acceptors (Lipinski definition) is 3. The molecule has 1 fully saturated rings. The molecule has 700 valence electrons. The van der Waals surface area contributed by atoms with Crippen LogP contribution in [0.5, 0.6) is 0 Å². The fourth-order valence-electron chi connectivity index (χ4n) is 22.9. The summed E-state index contributed by atoms with van der Waals surface area (Å²) in [7, 11) is 0. The number of para-hydroxylation sites is 1. The molecule has 14 aromatic carbocycles. The van der Waals surface area contributed by atoms with E-state index in [9.17, 15) is 14.7 Å². The normalized spacial score (nSPS) is 13.9. The van der Waals surface area contributed by atoms with Gasteiger partial charge < -0.3 is 14.8 Å². The molecule has 1 aliphatic heterocycles. The number of anilines is 1. The summed E-state index contributed by atoms with van der Waals surface area (Å²) in [6.07, 6.45) is 30.9. The van der Waals surface area contributed by atoms with Crippen molar-refractivity contribution in [1.29, 1.82) is 0 Å². The molecule has 7 unspecified atom stereocenters. The number of carbonyl (C=O) groups excluding carboxylic acids is 1. The van der Waals surface area contributed by atoms with Crippen molar-refractivity contribution in [2.24, 2.45) is 17.8 Å². The molecule has 2 spiro atoms. The van der Waals surface area contributed by atoms with Gasteiger partial charge in [-0.25, -0.2) is 0 Å². The molecule has 19 rings (SSSR count). The summed E-state index contributed by atoms with van der Waals surface area (Å²) in [6.45, 7) is 17.2. The maximum atomic E-state index is 11.2. The molecule has 0 amide bonds. The molecule has 0 saturated carbocycles. The smallest absolute Gasteiger partial charge is 0.306 e. The van der Waals surface area contributed by atoms with Crippen LogP contribution in [0, 0.1) is 361 Å². The highest BCUT2D eigenvalue weighted by Gasteiger charge is 2.77. The van der Waals surface area contributed by atoms with Gasteiger partial charge in [0.1, 0.15) is 6.29 Å². The highest BCUT2D eigenvalue weighted by Crippen LogP contribution is 2.79. The first-order chi connectivity index (χ1) is 74.2. The van der Waals surface area contributed by atoms with Gasteiger partial charge in [-0.2, -0.15) is 0 Å². The molecule has 0 radical (unpaired) electrons. The van der Waals surface area contributed by atoms with Gasteiger partial charge >= 0.3 is 5.97 Å². The zero-order chi connectivity index (χ0) is 104. The second-order valence-corrected chi connectivity index (χ2v) is 36.3. The van der Waals surface area contributed by atoms with E-state index in [0.717, 1.165) is 44.0 Å². The van der Waals surface area contributed by atoms with Crippen LogP contribution in [0.25, 0.3) is 130 Å². The number of rotatable bonds is 26. The van der Waals surface area contributed by atoms with Crippen LogP contribution < -0.4 is 15.3 Å². The second kappa shape index (κ2) is 51.1. The third-order valence-corrected chi connectivity index (χ3v) is 28.3. The van der Waals surface area contributed by atoms with Gasteiger partial charge in [0, 0.05) is 261 Å². The van der Waals surface area contributed by atoms with Crippen LogP contribution >= 0.6 is 0 Å². The Kier molecular flexibility index (Phi) is 34.9. The van der Waals surface area contributed by atoms with Crippen LogP contribution in [-0.4, -0.2) is 29.4 Å². The Hall–Kier alpha value is -20.3. The molecular weight excluding hydrogens is 1820 g/mol. The van der Waals surface area contributed by atoms with E-state index in [2.05, 4.69) is 481 Å². The fraction of sp³-hybridized carbons (Fsp3) is 0.247. The van der Waals surface area contributed by atoms with Crippen molar-refractivity contribution < 1.29 is 14.7 Å². The number of aliphatic carboxylic acids is 1. The van der Waals surface area contributed by atoms with E-state index >= 15 is 0 Å². The molecule has 5 aliphatic rings. The molecule has 0 aromatic heterocycles. The molecule has 150 heavy (non-hydrogen) atoms.